The van der Waals surface area contributed by atoms with Crippen molar-refractivity contribution < 1.29 is 9.21 Å². The number of hydrogen-bond acceptors (Lipinski definition) is 3. The molecular weight excluding hydrogens is 337 g/mol. The largest absolute Gasteiger partial charge is 0.468 e. The lowest BCUT2D eigenvalue weighted by molar-refractivity contribution is 0.225. The Kier molecular flexibility index (Phi) is 6.33. The first-order chi connectivity index (χ1) is 11.0. The second-order valence-corrected chi connectivity index (χ2v) is 6.14. The van der Waals surface area contributed by atoms with Gasteiger partial charge < -0.3 is 15.1 Å². The Labute approximate surface area is 145 Å². The number of carbonyl (C=O) groups excluding carboxylic acids is 1. The van der Waals surface area contributed by atoms with Gasteiger partial charge in [0.1, 0.15) is 5.76 Å². The van der Waals surface area contributed by atoms with E-state index in [-0.39, 0.29) is 12.1 Å². The molecule has 0 bridgehead atoms. The van der Waals surface area contributed by atoms with Gasteiger partial charge in [0.25, 0.3) is 0 Å². The number of nitrogens with one attached hydrogen (secondary N) is 2. The smallest absolute Gasteiger partial charge is 0.315 e. The lowest BCUT2D eigenvalue weighted by Gasteiger charge is -2.22. The van der Waals surface area contributed by atoms with Crippen LogP contribution in [-0.4, -0.2) is 31.6 Å². The minimum Gasteiger partial charge on any atom is -0.468 e. The fourth-order valence-electron chi connectivity index (χ4n) is 2.11. The molecule has 2 amide bonds. The van der Waals surface area contributed by atoms with Crippen molar-refractivity contribution in [2.75, 3.05) is 20.6 Å². The maximum Gasteiger partial charge on any atom is 0.315 e. The summed E-state index contributed by atoms with van der Waals surface area (Å²) in [4.78, 5) is 13.9. The van der Waals surface area contributed by atoms with Crippen molar-refractivity contribution in [3.8, 4) is 0 Å². The lowest BCUT2D eigenvalue weighted by atomic mass is 10.2. The molecule has 0 aliphatic heterocycles. The molecule has 0 saturated heterocycles. The number of furan rings is 1. The van der Waals surface area contributed by atoms with Crippen LogP contribution in [0, 0.1) is 0 Å². The SMILES string of the molecule is CN(C)C(CNC(=O)NCc1ccc(Cl)cc1Cl)c1ccco1. The van der Waals surface area contributed by atoms with Crippen LogP contribution in [0.5, 0.6) is 0 Å². The van der Waals surface area contributed by atoms with Crippen LogP contribution < -0.4 is 10.6 Å². The molecule has 1 aromatic carbocycles. The third-order valence-electron chi connectivity index (χ3n) is 3.41. The average Bonchev–Trinajstić information content (AvgIpc) is 3.00. The third kappa shape index (κ3) is 5.16. The van der Waals surface area contributed by atoms with E-state index in [1.54, 1.807) is 24.5 Å². The number of benzene rings is 1. The van der Waals surface area contributed by atoms with Gasteiger partial charge in [-0.1, -0.05) is 29.3 Å². The number of hydrogen-bond donors (Lipinski definition) is 2. The van der Waals surface area contributed by atoms with Crippen molar-refractivity contribution in [2.24, 2.45) is 0 Å². The summed E-state index contributed by atoms with van der Waals surface area (Å²) in [6, 6.07) is 8.59. The predicted molar refractivity (Wildman–Crippen MR) is 91.8 cm³/mol. The number of carbonyl (C=O) groups is 1. The number of amides is 2. The molecule has 0 saturated carbocycles. The molecule has 124 valence electrons. The molecule has 0 fully saturated rings. The monoisotopic (exact) mass is 355 g/mol. The Balaban J connectivity index is 1.84. The van der Waals surface area contributed by atoms with E-state index in [4.69, 9.17) is 27.6 Å². The van der Waals surface area contributed by atoms with Crippen LogP contribution in [0.1, 0.15) is 17.4 Å². The number of halogens is 2. The molecule has 2 N–H and O–H groups in total. The highest BCUT2D eigenvalue weighted by Gasteiger charge is 2.17. The summed E-state index contributed by atoms with van der Waals surface area (Å²) in [5.41, 5.74) is 0.807. The molecule has 0 spiro atoms. The Morgan fingerprint density at radius 1 is 1.26 bits per heavy atom. The van der Waals surface area contributed by atoms with E-state index in [0.717, 1.165) is 11.3 Å². The second kappa shape index (κ2) is 8.24. The van der Waals surface area contributed by atoms with Gasteiger partial charge in [0, 0.05) is 23.1 Å². The summed E-state index contributed by atoms with van der Waals surface area (Å²) in [7, 11) is 3.86. The van der Waals surface area contributed by atoms with E-state index in [1.807, 2.05) is 31.1 Å². The maximum atomic E-state index is 12.0. The second-order valence-electron chi connectivity index (χ2n) is 5.29. The quantitative estimate of drug-likeness (QED) is 0.830. The maximum absolute atomic E-state index is 12.0. The van der Waals surface area contributed by atoms with E-state index in [9.17, 15) is 4.79 Å². The first-order valence-corrected chi connectivity index (χ1v) is 7.88. The summed E-state index contributed by atoms with van der Waals surface area (Å²) < 4.78 is 5.40. The van der Waals surface area contributed by atoms with Crippen molar-refractivity contribution in [3.05, 3.63) is 58.0 Å². The topological polar surface area (TPSA) is 57.5 Å². The van der Waals surface area contributed by atoms with Gasteiger partial charge >= 0.3 is 6.03 Å². The summed E-state index contributed by atoms with van der Waals surface area (Å²) in [6.45, 7) is 0.760. The Bertz CT molecular complexity index is 645. The molecule has 1 unspecified atom stereocenters. The molecule has 2 aromatic rings. The van der Waals surface area contributed by atoms with Crippen LogP contribution in [0.15, 0.2) is 41.0 Å². The first kappa shape index (κ1) is 17.7. The number of nitrogens with zero attached hydrogens (tertiary/aromatic N) is 1. The number of rotatable bonds is 6. The van der Waals surface area contributed by atoms with Crippen molar-refractivity contribution in [2.45, 2.75) is 12.6 Å². The van der Waals surface area contributed by atoms with Gasteiger partial charge in [-0.05, 0) is 43.9 Å². The summed E-state index contributed by atoms with van der Waals surface area (Å²) in [6.07, 6.45) is 1.62. The molecule has 1 heterocycles. The van der Waals surface area contributed by atoms with Crippen LogP contribution >= 0.6 is 23.2 Å². The van der Waals surface area contributed by atoms with Gasteiger partial charge in [0.05, 0.1) is 12.3 Å². The van der Waals surface area contributed by atoms with Crippen LogP contribution in [0.2, 0.25) is 10.0 Å². The highest BCUT2D eigenvalue weighted by atomic mass is 35.5. The molecule has 23 heavy (non-hydrogen) atoms. The number of urea groups is 1. The molecule has 0 aliphatic rings. The lowest BCUT2D eigenvalue weighted by Crippen LogP contribution is -2.40. The molecule has 1 aromatic heterocycles. The van der Waals surface area contributed by atoms with E-state index >= 15 is 0 Å². The van der Waals surface area contributed by atoms with E-state index in [2.05, 4.69) is 10.6 Å². The summed E-state index contributed by atoms with van der Waals surface area (Å²) >= 11 is 11.9. The normalized spacial score (nSPS) is 12.2. The highest BCUT2D eigenvalue weighted by molar-refractivity contribution is 6.35. The zero-order valence-corrected chi connectivity index (χ0v) is 14.5. The molecule has 0 radical (unpaired) electrons. The minimum absolute atomic E-state index is 0.0325. The van der Waals surface area contributed by atoms with Crippen molar-refractivity contribution in [1.29, 1.82) is 0 Å². The fraction of sp³-hybridized carbons (Fsp3) is 0.312. The predicted octanol–water partition coefficient (Wildman–Crippen LogP) is 3.69. The van der Waals surface area contributed by atoms with Gasteiger partial charge in [-0.2, -0.15) is 0 Å². The first-order valence-electron chi connectivity index (χ1n) is 7.13. The van der Waals surface area contributed by atoms with E-state index < -0.39 is 0 Å². The van der Waals surface area contributed by atoms with Gasteiger partial charge in [0.2, 0.25) is 0 Å². The Morgan fingerprint density at radius 2 is 2.04 bits per heavy atom. The van der Waals surface area contributed by atoms with Gasteiger partial charge in [-0.15, -0.1) is 0 Å². The van der Waals surface area contributed by atoms with Crippen molar-refractivity contribution in [3.63, 3.8) is 0 Å². The van der Waals surface area contributed by atoms with E-state index in [1.165, 1.54) is 0 Å². The minimum atomic E-state index is -0.269. The standard InChI is InChI=1S/C16H19Cl2N3O2/c1-21(2)14(15-4-3-7-23-15)10-20-16(22)19-9-11-5-6-12(17)8-13(11)18/h3-8,14H,9-10H2,1-2H3,(H2,19,20,22). The molecule has 2 rings (SSSR count). The summed E-state index contributed by atoms with van der Waals surface area (Å²) in [5, 5.41) is 6.70. The Hall–Kier alpha value is -1.69. The molecule has 5 nitrogen and oxygen atoms in total. The summed E-state index contributed by atoms with van der Waals surface area (Å²) in [5.74, 6) is 0.802. The van der Waals surface area contributed by atoms with Crippen LogP contribution in [0.4, 0.5) is 4.79 Å². The van der Waals surface area contributed by atoms with Crippen LogP contribution in [0.25, 0.3) is 0 Å². The average molecular weight is 356 g/mol. The van der Waals surface area contributed by atoms with Gasteiger partial charge in [0.15, 0.2) is 0 Å². The van der Waals surface area contributed by atoms with Crippen molar-refractivity contribution in [1.82, 2.24) is 15.5 Å². The van der Waals surface area contributed by atoms with E-state index in [0.29, 0.717) is 23.1 Å². The van der Waals surface area contributed by atoms with Crippen LogP contribution in [-0.2, 0) is 6.54 Å². The molecule has 1 atom stereocenters. The third-order valence-corrected chi connectivity index (χ3v) is 3.99. The van der Waals surface area contributed by atoms with Crippen LogP contribution in [0.3, 0.4) is 0 Å². The Morgan fingerprint density at radius 3 is 2.65 bits per heavy atom. The highest BCUT2D eigenvalue weighted by Crippen LogP contribution is 2.21. The molecule has 7 heteroatoms. The fourth-order valence-corrected chi connectivity index (χ4v) is 2.59. The van der Waals surface area contributed by atoms with Gasteiger partial charge in [-0.25, -0.2) is 4.79 Å². The zero-order valence-electron chi connectivity index (χ0n) is 13.0. The van der Waals surface area contributed by atoms with Crippen molar-refractivity contribution >= 4 is 29.2 Å². The zero-order chi connectivity index (χ0) is 16.8. The van der Waals surface area contributed by atoms with Gasteiger partial charge in [-0.3, -0.25) is 4.90 Å². The molecule has 0 aliphatic carbocycles. The number of likely N-dealkylation sites (N-methyl/N-ethyl adjacent to an activating group) is 1. The molecular formula is C16H19Cl2N3O2.